The molecule has 2 N–H and O–H groups in total. The van der Waals surface area contributed by atoms with E-state index in [1.165, 1.54) is 24.6 Å². The number of aromatic nitrogens is 1. The molecule has 0 aliphatic heterocycles. The third-order valence-corrected chi connectivity index (χ3v) is 3.67. The van der Waals surface area contributed by atoms with Crippen LogP contribution in [-0.4, -0.2) is 11.0 Å². The molecule has 0 saturated carbocycles. The molecule has 2 amide bonds. The van der Waals surface area contributed by atoms with Crippen LogP contribution >= 0.6 is 0 Å². The Hall–Kier alpha value is -3.49. The molecule has 0 unspecified atom stereocenters. The van der Waals surface area contributed by atoms with Crippen molar-refractivity contribution in [3.63, 3.8) is 0 Å². The van der Waals surface area contributed by atoms with Crippen LogP contribution in [0.3, 0.4) is 0 Å². The summed E-state index contributed by atoms with van der Waals surface area (Å²) in [6.07, 6.45) is -1.52. The molecule has 0 bridgehead atoms. The second kappa shape index (κ2) is 8.47. The number of nitrogens with zero attached hydrogens (tertiary/aromatic N) is 1. The number of rotatable bonds is 6. The second-order valence-corrected chi connectivity index (χ2v) is 5.71. The molecule has 146 valence electrons. The van der Waals surface area contributed by atoms with Crippen LogP contribution in [0.2, 0.25) is 0 Å². The van der Waals surface area contributed by atoms with E-state index >= 15 is 0 Å². The van der Waals surface area contributed by atoms with E-state index in [0.29, 0.717) is 11.3 Å². The van der Waals surface area contributed by atoms with Gasteiger partial charge in [-0.05, 0) is 36.4 Å². The lowest BCUT2D eigenvalue weighted by atomic mass is 10.2. The summed E-state index contributed by atoms with van der Waals surface area (Å²) in [4.78, 5) is 15.9. The van der Waals surface area contributed by atoms with Crippen LogP contribution in [0.15, 0.2) is 65.4 Å². The standard InChI is InChI=1S/C19H16F3N3O3/c20-19(21,22)14-5-1-6-15(10-14)28-17-13(4-2-8-23-17)11-24-18(26)25-12-16-7-3-9-27-16/h1-10H,11-12H2,(H2,24,25,26). The van der Waals surface area contributed by atoms with Gasteiger partial charge >= 0.3 is 12.2 Å². The van der Waals surface area contributed by atoms with Gasteiger partial charge in [-0.15, -0.1) is 0 Å². The zero-order chi connectivity index (χ0) is 20.0. The molecule has 9 heteroatoms. The van der Waals surface area contributed by atoms with E-state index in [-0.39, 0.29) is 24.7 Å². The Morgan fingerprint density at radius 3 is 2.64 bits per heavy atom. The van der Waals surface area contributed by atoms with E-state index in [0.717, 1.165) is 12.1 Å². The SMILES string of the molecule is O=C(NCc1ccco1)NCc1cccnc1Oc1cccc(C(F)(F)F)c1. The first kappa shape index (κ1) is 19.3. The normalized spacial score (nSPS) is 11.1. The topological polar surface area (TPSA) is 76.4 Å². The van der Waals surface area contributed by atoms with Gasteiger partial charge in [0.25, 0.3) is 0 Å². The zero-order valence-electron chi connectivity index (χ0n) is 14.5. The molecule has 0 fully saturated rings. The van der Waals surface area contributed by atoms with Crippen molar-refractivity contribution in [3.05, 3.63) is 77.9 Å². The lowest BCUT2D eigenvalue weighted by Crippen LogP contribution is -2.34. The molecule has 0 aliphatic carbocycles. The van der Waals surface area contributed by atoms with Gasteiger partial charge in [0.1, 0.15) is 11.5 Å². The molecule has 0 spiro atoms. The van der Waals surface area contributed by atoms with Gasteiger partial charge in [-0.1, -0.05) is 12.1 Å². The summed E-state index contributed by atoms with van der Waals surface area (Å²) in [6, 6.07) is 10.8. The van der Waals surface area contributed by atoms with E-state index < -0.39 is 17.8 Å². The van der Waals surface area contributed by atoms with E-state index in [1.807, 2.05) is 0 Å². The number of hydrogen-bond acceptors (Lipinski definition) is 4. The van der Waals surface area contributed by atoms with Crippen LogP contribution < -0.4 is 15.4 Å². The summed E-state index contributed by atoms with van der Waals surface area (Å²) >= 11 is 0. The minimum Gasteiger partial charge on any atom is -0.467 e. The minimum absolute atomic E-state index is 0.00274. The molecule has 0 atom stereocenters. The van der Waals surface area contributed by atoms with E-state index in [1.54, 1.807) is 24.3 Å². The molecule has 0 saturated heterocycles. The van der Waals surface area contributed by atoms with Crippen molar-refractivity contribution >= 4 is 6.03 Å². The highest BCUT2D eigenvalue weighted by atomic mass is 19.4. The molecule has 3 aromatic rings. The Morgan fingerprint density at radius 2 is 1.89 bits per heavy atom. The molecule has 3 rings (SSSR count). The van der Waals surface area contributed by atoms with Crippen molar-refractivity contribution in [3.8, 4) is 11.6 Å². The van der Waals surface area contributed by atoms with E-state index in [4.69, 9.17) is 9.15 Å². The van der Waals surface area contributed by atoms with Gasteiger partial charge in [0.05, 0.1) is 18.4 Å². The number of amides is 2. The van der Waals surface area contributed by atoms with Crippen LogP contribution in [0, 0.1) is 0 Å². The number of nitrogens with one attached hydrogen (secondary N) is 2. The fourth-order valence-corrected chi connectivity index (χ4v) is 2.32. The maximum Gasteiger partial charge on any atom is 0.416 e. The first-order valence-electron chi connectivity index (χ1n) is 8.25. The van der Waals surface area contributed by atoms with Crippen LogP contribution in [0.4, 0.5) is 18.0 Å². The predicted molar refractivity (Wildman–Crippen MR) is 93.5 cm³/mol. The Bertz CT molecular complexity index is 927. The quantitative estimate of drug-likeness (QED) is 0.649. The number of hydrogen-bond donors (Lipinski definition) is 2. The molecule has 0 aliphatic rings. The van der Waals surface area contributed by atoms with Crippen molar-refractivity contribution in [2.75, 3.05) is 0 Å². The third kappa shape index (κ3) is 5.26. The van der Waals surface area contributed by atoms with Crippen LogP contribution in [0.1, 0.15) is 16.9 Å². The zero-order valence-corrected chi connectivity index (χ0v) is 14.5. The first-order chi connectivity index (χ1) is 13.4. The fraction of sp³-hybridized carbons (Fsp3) is 0.158. The summed E-state index contributed by atoms with van der Waals surface area (Å²) in [6.45, 7) is 0.297. The van der Waals surface area contributed by atoms with Crippen LogP contribution in [0.25, 0.3) is 0 Å². The van der Waals surface area contributed by atoms with Gasteiger partial charge in [-0.3, -0.25) is 0 Å². The average molecular weight is 391 g/mol. The Labute approximate surface area is 158 Å². The van der Waals surface area contributed by atoms with Crippen molar-refractivity contribution in [1.82, 2.24) is 15.6 Å². The summed E-state index contributed by atoms with van der Waals surface area (Å²) in [5.41, 5.74) is -0.314. The van der Waals surface area contributed by atoms with Crippen LogP contribution in [-0.2, 0) is 19.3 Å². The fourth-order valence-electron chi connectivity index (χ4n) is 2.32. The summed E-state index contributed by atoms with van der Waals surface area (Å²) < 4.78 is 49.1. The molecule has 6 nitrogen and oxygen atoms in total. The lowest BCUT2D eigenvalue weighted by Gasteiger charge is -2.12. The predicted octanol–water partition coefficient (Wildman–Crippen LogP) is 4.49. The number of carbonyl (C=O) groups is 1. The highest BCUT2D eigenvalue weighted by Crippen LogP contribution is 2.32. The van der Waals surface area contributed by atoms with Crippen molar-refractivity contribution in [1.29, 1.82) is 0 Å². The van der Waals surface area contributed by atoms with Gasteiger partial charge in [-0.25, -0.2) is 9.78 Å². The van der Waals surface area contributed by atoms with Gasteiger partial charge in [-0.2, -0.15) is 13.2 Å². The van der Waals surface area contributed by atoms with Crippen molar-refractivity contribution in [2.45, 2.75) is 19.3 Å². The van der Waals surface area contributed by atoms with Crippen LogP contribution in [0.5, 0.6) is 11.6 Å². The van der Waals surface area contributed by atoms with Gasteiger partial charge in [0, 0.05) is 18.3 Å². The monoisotopic (exact) mass is 391 g/mol. The molecule has 2 heterocycles. The van der Waals surface area contributed by atoms with E-state index in [9.17, 15) is 18.0 Å². The van der Waals surface area contributed by atoms with Crippen molar-refractivity contribution in [2.24, 2.45) is 0 Å². The summed E-state index contributed by atoms with van der Waals surface area (Å²) in [7, 11) is 0. The summed E-state index contributed by atoms with van der Waals surface area (Å²) in [5.74, 6) is 0.704. The third-order valence-electron chi connectivity index (χ3n) is 3.67. The molecule has 0 radical (unpaired) electrons. The van der Waals surface area contributed by atoms with Crippen molar-refractivity contribution < 1.29 is 27.1 Å². The number of alkyl halides is 3. The van der Waals surface area contributed by atoms with E-state index in [2.05, 4.69) is 15.6 Å². The Balaban J connectivity index is 1.62. The molecular weight excluding hydrogens is 375 g/mol. The number of benzene rings is 1. The number of pyridine rings is 1. The number of carbonyl (C=O) groups excluding carboxylic acids is 1. The smallest absolute Gasteiger partial charge is 0.416 e. The van der Waals surface area contributed by atoms with Gasteiger partial charge in [0.15, 0.2) is 0 Å². The Morgan fingerprint density at radius 1 is 1.07 bits per heavy atom. The number of furan rings is 1. The second-order valence-electron chi connectivity index (χ2n) is 5.71. The highest BCUT2D eigenvalue weighted by Gasteiger charge is 2.30. The first-order valence-corrected chi connectivity index (χ1v) is 8.25. The lowest BCUT2D eigenvalue weighted by molar-refractivity contribution is -0.137. The summed E-state index contributed by atoms with van der Waals surface area (Å²) in [5, 5.41) is 5.25. The number of ether oxygens (including phenoxy) is 1. The largest absolute Gasteiger partial charge is 0.467 e. The van der Waals surface area contributed by atoms with Gasteiger partial charge in [0.2, 0.25) is 5.88 Å². The average Bonchev–Trinajstić information content (AvgIpc) is 3.19. The number of halogens is 3. The molecule has 2 aromatic heterocycles. The molecule has 1 aromatic carbocycles. The molecular formula is C19H16F3N3O3. The minimum atomic E-state index is -4.47. The maximum absolute atomic E-state index is 12.8. The van der Waals surface area contributed by atoms with Gasteiger partial charge < -0.3 is 19.8 Å². The number of urea groups is 1. The maximum atomic E-state index is 12.8. The molecule has 28 heavy (non-hydrogen) atoms. The highest BCUT2D eigenvalue weighted by molar-refractivity contribution is 5.73. The Kier molecular flexibility index (Phi) is 5.83.